The van der Waals surface area contributed by atoms with Gasteiger partial charge in [-0.25, -0.2) is 18.4 Å². The number of nitrogens with zero attached hydrogens (tertiary/aromatic N) is 1. The summed E-state index contributed by atoms with van der Waals surface area (Å²) in [6.45, 7) is 1.35. The van der Waals surface area contributed by atoms with Crippen molar-refractivity contribution in [1.82, 2.24) is 9.69 Å². The van der Waals surface area contributed by atoms with E-state index >= 15 is 0 Å². The maximum atomic E-state index is 13.6. The van der Waals surface area contributed by atoms with Crippen LogP contribution in [0.5, 0.6) is 5.88 Å². The lowest BCUT2D eigenvalue weighted by Crippen LogP contribution is -2.33. The molecule has 0 radical (unpaired) electrons. The Bertz CT molecular complexity index is 830. The lowest BCUT2D eigenvalue weighted by molar-refractivity contribution is 0.0693. The molecule has 8 nitrogen and oxygen atoms in total. The molecule has 1 heterocycles. The van der Waals surface area contributed by atoms with Crippen LogP contribution in [0.2, 0.25) is 0 Å². The molecular weight excluding hydrogens is 384 g/mol. The minimum atomic E-state index is -1.41. The largest absolute Gasteiger partial charge is 0.477 e. The van der Waals surface area contributed by atoms with Crippen LogP contribution < -0.4 is 15.4 Å². The zero-order valence-corrected chi connectivity index (χ0v) is 15.0. The smallest absolute Gasteiger partial charge is 0.344 e. The molecule has 1 unspecified atom stereocenters. The average Bonchev–Trinajstić information content (AvgIpc) is 3.03. The van der Waals surface area contributed by atoms with Gasteiger partial charge in [-0.05, 0) is 35.6 Å². The quantitative estimate of drug-likeness (QED) is 0.539. The summed E-state index contributed by atoms with van der Waals surface area (Å²) >= 11 is 0.670. The standard InChI is InChI=1S/C16H17F2N3O5S/c1-8(6-22)5-19-16(25)20-14-12(15(23)24)13(21-27-14)26-7-9-4-10(17)2-3-11(9)18/h2-4,8,22H,5-7H2,1H3,(H,23,24)(H2,19,20,25). The number of amides is 2. The van der Waals surface area contributed by atoms with Gasteiger partial charge in [-0.3, -0.25) is 5.32 Å². The maximum absolute atomic E-state index is 13.6. The number of hydrogen-bond donors (Lipinski definition) is 4. The predicted octanol–water partition coefficient (Wildman–Crippen LogP) is 2.45. The third-order valence-electron chi connectivity index (χ3n) is 3.40. The molecule has 0 aliphatic carbocycles. The van der Waals surface area contributed by atoms with E-state index in [0.29, 0.717) is 11.5 Å². The van der Waals surface area contributed by atoms with E-state index in [1.165, 1.54) is 0 Å². The average molecular weight is 401 g/mol. The molecule has 11 heteroatoms. The number of anilines is 1. The zero-order chi connectivity index (χ0) is 20.0. The number of rotatable bonds is 8. The number of aromatic nitrogens is 1. The van der Waals surface area contributed by atoms with Gasteiger partial charge in [-0.2, -0.15) is 4.37 Å². The Labute approximate surface area is 157 Å². The Morgan fingerprint density at radius 1 is 1.37 bits per heavy atom. The van der Waals surface area contributed by atoms with Gasteiger partial charge in [-0.1, -0.05) is 6.92 Å². The van der Waals surface area contributed by atoms with Crippen molar-refractivity contribution in [2.75, 3.05) is 18.5 Å². The molecule has 0 aliphatic heterocycles. The highest BCUT2D eigenvalue weighted by molar-refractivity contribution is 7.11. The number of carbonyl (C=O) groups excluding carboxylic acids is 1. The molecule has 146 valence electrons. The van der Waals surface area contributed by atoms with Crippen LogP contribution in [0.4, 0.5) is 18.6 Å². The van der Waals surface area contributed by atoms with E-state index in [1.807, 2.05) is 0 Å². The molecule has 2 rings (SSSR count). The van der Waals surface area contributed by atoms with Crippen LogP contribution in [0.3, 0.4) is 0 Å². The molecule has 2 amide bonds. The van der Waals surface area contributed by atoms with Crippen molar-refractivity contribution in [1.29, 1.82) is 0 Å². The van der Waals surface area contributed by atoms with Gasteiger partial charge < -0.3 is 20.3 Å². The molecule has 0 spiro atoms. The van der Waals surface area contributed by atoms with E-state index in [-0.39, 0.29) is 35.5 Å². The van der Waals surface area contributed by atoms with E-state index < -0.39 is 35.8 Å². The van der Waals surface area contributed by atoms with Gasteiger partial charge in [0.05, 0.1) is 0 Å². The van der Waals surface area contributed by atoms with Crippen LogP contribution in [0, 0.1) is 17.6 Å². The number of carboxylic acids is 1. The van der Waals surface area contributed by atoms with Crippen LogP contribution in [-0.4, -0.2) is 39.7 Å². The molecule has 0 aliphatic rings. The van der Waals surface area contributed by atoms with Crippen molar-refractivity contribution in [3.63, 3.8) is 0 Å². The van der Waals surface area contributed by atoms with E-state index in [4.69, 9.17) is 9.84 Å². The van der Waals surface area contributed by atoms with Gasteiger partial charge >= 0.3 is 12.0 Å². The van der Waals surface area contributed by atoms with Crippen molar-refractivity contribution in [3.8, 4) is 5.88 Å². The molecule has 0 saturated carbocycles. The number of aliphatic hydroxyl groups is 1. The van der Waals surface area contributed by atoms with Gasteiger partial charge in [0.15, 0.2) is 5.56 Å². The van der Waals surface area contributed by atoms with Crippen LogP contribution in [0.15, 0.2) is 18.2 Å². The summed E-state index contributed by atoms with van der Waals surface area (Å²) in [5, 5.41) is 23.0. The topological polar surface area (TPSA) is 121 Å². The van der Waals surface area contributed by atoms with Gasteiger partial charge in [0.25, 0.3) is 0 Å². The highest BCUT2D eigenvalue weighted by atomic mass is 32.1. The number of hydrogen-bond acceptors (Lipinski definition) is 6. The summed E-state index contributed by atoms with van der Waals surface area (Å²) in [5.41, 5.74) is -0.508. The maximum Gasteiger partial charge on any atom is 0.344 e. The number of carbonyl (C=O) groups is 2. The fourth-order valence-corrected chi connectivity index (χ4v) is 2.65. The minimum absolute atomic E-state index is 0.0774. The zero-order valence-electron chi connectivity index (χ0n) is 14.2. The summed E-state index contributed by atoms with van der Waals surface area (Å²) in [4.78, 5) is 23.3. The second-order valence-corrected chi connectivity index (χ2v) is 6.42. The molecule has 0 fully saturated rings. The molecular formula is C16H17F2N3O5S. The molecule has 2 aromatic rings. The first-order valence-electron chi connectivity index (χ1n) is 7.77. The predicted molar refractivity (Wildman–Crippen MR) is 93.0 cm³/mol. The normalized spacial score (nSPS) is 11.7. The summed E-state index contributed by atoms with van der Waals surface area (Å²) in [6, 6.07) is 2.13. The molecule has 0 saturated heterocycles. The highest BCUT2D eigenvalue weighted by Gasteiger charge is 2.24. The van der Waals surface area contributed by atoms with E-state index in [1.54, 1.807) is 6.92 Å². The summed E-state index contributed by atoms with van der Waals surface area (Å²) in [6.07, 6.45) is 0. The van der Waals surface area contributed by atoms with Crippen molar-refractivity contribution in [2.45, 2.75) is 13.5 Å². The van der Waals surface area contributed by atoms with E-state index in [9.17, 15) is 23.5 Å². The van der Waals surface area contributed by atoms with Crippen molar-refractivity contribution in [2.24, 2.45) is 5.92 Å². The molecule has 27 heavy (non-hydrogen) atoms. The van der Waals surface area contributed by atoms with Gasteiger partial charge in [0.1, 0.15) is 23.2 Å². The highest BCUT2D eigenvalue weighted by Crippen LogP contribution is 2.31. The monoisotopic (exact) mass is 401 g/mol. The molecule has 1 atom stereocenters. The lowest BCUT2D eigenvalue weighted by Gasteiger charge is -2.10. The number of urea groups is 1. The number of nitrogens with one attached hydrogen (secondary N) is 2. The first-order valence-corrected chi connectivity index (χ1v) is 8.54. The fourth-order valence-electron chi connectivity index (χ4n) is 1.93. The number of aromatic carboxylic acids is 1. The van der Waals surface area contributed by atoms with E-state index in [2.05, 4.69) is 15.0 Å². The van der Waals surface area contributed by atoms with Gasteiger partial charge in [0, 0.05) is 18.7 Å². The first kappa shape index (κ1) is 20.5. The van der Waals surface area contributed by atoms with Crippen molar-refractivity contribution < 1.29 is 33.3 Å². The Balaban J connectivity index is 2.09. The summed E-state index contributed by atoms with van der Waals surface area (Å²) < 4.78 is 35.8. The van der Waals surface area contributed by atoms with Crippen LogP contribution >= 0.6 is 11.5 Å². The summed E-state index contributed by atoms with van der Waals surface area (Å²) in [5.74, 6) is -3.27. The number of halogens is 2. The third-order valence-corrected chi connectivity index (χ3v) is 4.14. The number of ether oxygens (including phenoxy) is 1. The second-order valence-electron chi connectivity index (χ2n) is 5.64. The van der Waals surface area contributed by atoms with E-state index in [0.717, 1.165) is 18.2 Å². The van der Waals surface area contributed by atoms with Gasteiger partial charge in [-0.15, -0.1) is 0 Å². The Hall–Kier alpha value is -2.79. The number of aliphatic hydroxyl groups excluding tert-OH is 1. The Kier molecular flexibility index (Phi) is 7.02. The number of benzene rings is 1. The Morgan fingerprint density at radius 3 is 2.78 bits per heavy atom. The fraction of sp³-hybridized carbons (Fsp3) is 0.312. The molecule has 0 bridgehead atoms. The van der Waals surface area contributed by atoms with Crippen LogP contribution in [0.1, 0.15) is 22.8 Å². The SMILES string of the molecule is CC(CO)CNC(=O)Nc1snc(OCc2cc(F)ccc2F)c1C(=O)O. The molecule has 4 N–H and O–H groups in total. The van der Waals surface area contributed by atoms with Crippen LogP contribution in [0.25, 0.3) is 0 Å². The Morgan fingerprint density at radius 2 is 2.11 bits per heavy atom. The first-order chi connectivity index (χ1) is 12.8. The van der Waals surface area contributed by atoms with Gasteiger partial charge in [0.2, 0.25) is 5.88 Å². The van der Waals surface area contributed by atoms with Crippen molar-refractivity contribution >= 4 is 28.5 Å². The van der Waals surface area contributed by atoms with Crippen molar-refractivity contribution in [3.05, 3.63) is 41.0 Å². The third kappa shape index (κ3) is 5.59. The van der Waals surface area contributed by atoms with Crippen LogP contribution in [-0.2, 0) is 6.61 Å². The minimum Gasteiger partial charge on any atom is -0.477 e. The summed E-state index contributed by atoms with van der Waals surface area (Å²) in [7, 11) is 0. The molecule has 1 aromatic carbocycles. The second kappa shape index (κ2) is 9.24. The number of carboxylic acid groups (broad SMARTS) is 1. The molecule has 1 aromatic heterocycles. The lowest BCUT2D eigenvalue weighted by atomic mass is 10.2.